The summed E-state index contributed by atoms with van der Waals surface area (Å²) in [5.41, 5.74) is 4.76. The van der Waals surface area contributed by atoms with Crippen LogP contribution in [0.5, 0.6) is 5.75 Å². The van der Waals surface area contributed by atoms with Crippen molar-refractivity contribution in [3.63, 3.8) is 0 Å². The molecule has 0 saturated carbocycles. The number of carbonyl (C=O) groups excluding carboxylic acids is 4. The largest absolute Gasteiger partial charge is 0.491 e. The molecule has 16 nitrogen and oxygen atoms in total. The third-order valence-corrected chi connectivity index (χ3v) is 12.1. The number of hydrogen-bond acceptors (Lipinski definition) is 9. The maximum Gasteiger partial charge on any atom is 0.407 e. The minimum atomic E-state index is -0.743. The van der Waals surface area contributed by atoms with E-state index < -0.39 is 24.3 Å². The second-order valence-corrected chi connectivity index (χ2v) is 16.6. The molecule has 5 aromatic rings. The van der Waals surface area contributed by atoms with Crippen LogP contribution in [0.4, 0.5) is 14.0 Å². The lowest BCUT2D eigenvalue weighted by Crippen LogP contribution is -2.51. The highest BCUT2D eigenvalue weighted by Gasteiger charge is 2.39. The summed E-state index contributed by atoms with van der Waals surface area (Å²) in [7, 11) is 2.54. The molecule has 61 heavy (non-hydrogen) atoms. The molecule has 0 spiro atoms. The summed E-state index contributed by atoms with van der Waals surface area (Å²) in [5, 5.41) is 5.82. The molecule has 8 rings (SSSR count). The maximum absolute atomic E-state index is 16.7. The molecule has 2 saturated heterocycles. The molecule has 3 aromatic heterocycles. The molecular weight excluding hydrogens is 786 g/mol. The predicted molar refractivity (Wildman–Crippen MR) is 224 cm³/mol. The van der Waals surface area contributed by atoms with Gasteiger partial charge in [-0.05, 0) is 61.8 Å². The summed E-state index contributed by atoms with van der Waals surface area (Å²) >= 11 is 0. The molecule has 4 amide bonds. The lowest BCUT2D eigenvalue weighted by molar-refractivity contribution is -0.136. The van der Waals surface area contributed by atoms with Crippen LogP contribution in [0.1, 0.15) is 77.1 Å². The van der Waals surface area contributed by atoms with E-state index in [0.29, 0.717) is 72.4 Å². The molecule has 4 atom stereocenters. The van der Waals surface area contributed by atoms with Crippen molar-refractivity contribution in [1.29, 1.82) is 0 Å². The Kier molecular flexibility index (Phi) is 11.5. The number of alkyl carbamates (subject to hydrolysis) is 2. The fourth-order valence-electron chi connectivity index (χ4n) is 8.92. The van der Waals surface area contributed by atoms with Crippen LogP contribution in [0.15, 0.2) is 48.8 Å². The van der Waals surface area contributed by atoms with Gasteiger partial charge in [-0.1, -0.05) is 39.8 Å². The number of carbonyl (C=O) groups is 4. The number of methoxy groups -OCH3 is 2. The zero-order valence-corrected chi connectivity index (χ0v) is 35.2. The maximum atomic E-state index is 16.7. The first-order valence-electron chi connectivity index (χ1n) is 20.9. The summed E-state index contributed by atoms with van der Waals surface area (Å²) in [5.74, 6) is 0.769. The molecule has 2 fully saturated rings. The Labute approximate surface area is 352 Å². The van der Waals surface area contributed by atoms with Crippen LogP contribution in [0.2, 0.25) is 0 Å². The number of imidazole rings is 2. The molecule has 0 bridgehead atoms. The number of benzene rings is 2. The summed E-state index contributed by atoms with van der Waals surface area (Å²) in [6, 6.07) is 9.25. The van der Waals surface area contributed by atoms with E-state index >= 15 is 4.39 Å². The van der Waals surface area contributed by atoms with E-state index in [9.17, 15) is 19.2 Å². The van der Waals surface area contributed by atoms with Crippen molar-refractivity contribution in [3.8, 4) is 39.5 Å². The van der Waals surface area contributed by atoms with Crippen molar-refractivity contribution in [1.82, 2.24) is 44.9 Å². The summed E-state index contributed by atoms with van der Waals surface area (Å²) in [4.78, 5) is 71.1. The second-order valence-electron chi connectivity index (χ2n) is 16.6. The van der Waals surface area contributed by atoms with Gasteiger partial charge in [-0.3, -0.25) is 9.59 Å². The molecule has 6 heterocycles. The van der Waals surface area contributed by atoms with Crippen molar-refractivity contribution in [3.05, 3.63) is 66.3 Å². The van der Waals surface area contributed by atoms with Crippen LogP contribution < -0.4 is 15.4 Å². The number of likely N-dealkylation sites (tertiary alicyclic amines) is 2. The third-order valence-electron chi connectivity index (χ3n) is 12.1. The van der Waals surface area contributed by atoms with E-state index in [0.717, 1.165) is 41.6 Å². The number of nitrogens with zero attached hydrogens (tertiary/aromatic N) is 5. The molecule has 3 aliphatic heterocycles. The van der Waals surface area contributed by atoms with Gasteiger partial charge in [-0.2, -0.15) is 0 Å². The normalized spacial score (nSPS) is 18.4. The summed E-state index contributed by atoms with van der Waals surface area (Å²) < 4.78 is 34.5. The minimum Gasteiger partial charge on any atom is -0.491 e. The van der Waals surface area contributed by atoms with Gasteiger partial charge >= 0.3 is 12.2 Å². The van der Waals surface area contributed by atoms with Crippen LogP contribution in [0.25, 0.3) is 44.7 Å². The number of amides is 4. The molecule has 4 N–H and O–H groups in total. The van der Waals surface area contributed by atoms with Gasteiger partial charge in [0.15, 0.2) is 5.82 Å². The third kappa shape index (κ3) is 7.76. The SMILES string of the molecule is COC(=O)NC(C(=O)N1CCCC1c1ncc(-c2ccc3c(c2)OCCn2c-3c(F)c3cc(-c4cnc([C@H]5CCCN5C(=O)C(NC(=O)OC)C(C)C)[nH]4)ccc32)[nH]1)C(C)C. The second kappa shape index (κ2) is 16.9. The topological polar surface area (TPSA) is 189 Å². The Morgan fingerprint density at radius 2 is 1.30 bits per heavy atom. The van der Waals surface area contributed by atoms with Crippen LogP contribution in [0.3, 0.4) is 0 Å². The Morgan fingerprint density at radius 1 is 0.770 bits per heavy atom. The Balaban J connectivity index is 1.03. The number of halogens is 1. The molecule has 17 heteroatoms. The first-order valence-corrected chi connectivity index (χ1v) is 20.9. The number of rotatable bonds is 10. The molecule has 3 unspecified atom stereocenters. The molecular formula is C44H52FN9O7. The number of hydrogen-bond donors (Lipinski definition) is 4. The number of H-pyrrole nitrogens is 2. The number of ether oxygens (including phenoxy) is 3. The van der Waals surface area contributed by atoms with Crippen LogP contribution >= 0.6 is 0 Å². The average Bonchev–Trinajstić information content (AvgIpc) is 4.11. The summed E-state index contributed by atoms with van der Waals surface area (Å²) in [6.45, 7) is 9.34. The molecule has 3 aliphatic rings. The smallest absolute Gasteiger partial charge is 0.407 e. The van der Waals surface area contributed by atoms with Gasteiger partial charge in [-0.25, -0.2) is 23.9 Å². The molecule has 322 valence electrons. The molecule has 0 radical (unpaired) electrons. The van der Waals surface area contributed by atoms with Gasteiger partial charge < -0.3 is 49.2 Å². The highest BCUT2D eigenvalue weighted by molar-refractivity contribution is 5.93. The van der Waals surface area contributed by atoms with E-state index in [1.165, 1.54) is 14.2 Å². The fraction of sp³-hybridized carbons (Fsp3) is 0.455. The van der Waals surface area contributed by atoms with Gasteiger partial charge in [0.25, 0.3) is 0 Å². The van der Waals surface area contributed by atoms with Crippen LogP contribution in [-0.2, 0) is 25.6 Å². The van der Waals surface area contributed by atoms with Crippen molar-refractivity contribution in [2.24, 2.45) is 11.8 Å². The van der Waals surface area contributed by atoms with Gasteiger partial charge in [-0.15, -0.1) is 0 Å². The Bertz CT molecular complexity index is 2470. The van der Waals surface area contributed by atoms with Crippen molar-refractivity contribution >= 4 is 34.9 Å². The highest BCUT2D eigenvalue weighted by atomic mass is 19.1. The van der Waals surface area contributed by atoms with E-state index in [1.807, 2.05) is 68.7 Å². The lowest BCUT2D eigenvalue weighted by atomic mass is 10.0. The quantitative estimate of drug-likeness (QED) is 0.119. The monoisotopic (exact) mass is 837 g/mol. The molecule has 2 aromatic carbocycles. The van der Waals surface area contributed by atoms with Crippen molar-refractivity contribution in [2.45, 2.75) is 84.1 Å². The first-order chi connectivity index (χ1) is 29.4. The highest BCUT2D eigenvalue weighted by Crippen LogP contribution is 2.42. The van der Waals surface area contributed by atoms with E-state index in [1.54, 1.807) is 22.2 Å². The zero-order valence-electron chi connectivity index (χ0n) is 35.2. The van der Waals surface area contributed by atoms with Gasteiger partial charge in [0, 0.05) is 35.2 Å². The summed E-state index contributed by atoms with van der Waals surface area (Å²) in [6.07, 6.45) is 5.15. The van der Waals surface area contributed by atoms with Crippen molar-refractivity contribution < 1.29 is 37.8 Å². The van der Waals surface area contributed by atoms with Gasteiger partial charge in [0.05, 0.1) is 67.8 Å². The number of aromatic amines is 2. The zero-order chi connectivity index (χ0) is 43.1. The van der Waals surface area contributed by atoms with E-state index in [2.05, 4.69) is 30.6 Å². The van der Waals surface area contributed by atoms with E-state index in [-0.39, 0.29) is 41.6 Å². The predicted octanol–water partition coefficient (Wildman–Crippen LogP) is 6.71. The Morgan fingerprint density at radius 3 is 1.82 bits per heavy atom. The van der Waals surface area contributed by atoms with Gasteiger partial charge in [0.2, 0.25) is 11.8 Å². The Hall–Kier alpha value is -6.39. The number of nitrogens with one attached hydrogen (secondary N) is 4. The number of aromatic nitrogens is 5. The first kappa shape index (κ1) is 41.3. The minimum absolute atomic E-state index is 0.147. The average molecular weight is 838 g/mol. The number of fused-ring (bicyclic) bond motifs is 5. The van der Waals surface area contributed by atoms with E-state index in [4.69, 9.17) is 14.2 Å². The standard InChI is InChI=1S/C44H52FN9O7/c1-23(2)36(50-43(57)59-5)41(55)53-15-7-9-32(53)39-46-21-29(48-39)25-12-14-31-28(19-25)35(45)38-27-13-11-26(20-34(27)61-18-17-52(31)38)30-22-47-40(49-30)33-10-8-16-54(33)42(56)37(24(3)4)51-44(58)60-6/h11-14,19-24,32-33,36-37H,7-10,15-18H2,1-6H3,(H,46,48)(H,47,49)(H,50,57)(H,51,58)/t32-,33?,36?,37?/m1/s1. The van der Waals surface area contributed by atoms with Crippen molar-refractivity contribution in [2.75, 3.05) is 33.9 Å². The van der Waals surface area contributed by atoms with Gasteiger partial charge in [0.1, 0.15) is 36.1 Å². The van der Waals surface area contributed by atoms with Crippen LogP contribution in [0, 0.1) is 17.7 Å². The van der Waals surface area contributed by atoms with Crippen LogP contribution in [-0.4, -0.2) is 104 Å². The molecule has 0 aliphatic carbocycles. The fourth-order valence-corrected chi connectivity index (χ4v) is 8.92. The lowest BCUT2D eigenvalue weighted by Gasteiger charge is -2.30.